The molecule has 9 heavy (non-hydrogen) atoms. The number of halogens is 2. The van der Waals surface area contributed by atoms with Gasteiger partial charge in [0.05, 0.1) is 4.61 Å². The van der Waals surface area contributed by atoms with E-state index in [-0.39, 0.29) is 5.17 Å². The lowest BCUT2D eigenvalue weighted by Gasteiger charge is -1.97. The van der Waals surface area contributed by atoms with Gasteiger partial charge in [0.25, 0.3) is 0 Å². The molecule has 0 heterocycles. The van der Waals surface area contributed by atoms with Crippen LogP contribution < -0.4 is 5.32 Å². The molecule has 0 amide bonds. The van der Waals surface area contributed by atoms with Crippen molar-refractivity contribution < 1.29 is 0 Å². The van der Waals surface area contributed by atoms with Crippen LogP contribution in [0.25, 0.3) is 0 Å². The largest absolute Gasteiger partial charge is 0.380 e. The van der Waals surface area contributed by atoms with Gasteiger partial charge in [-0.2, -0.15) is 0 Å². The Morgan fingerprint density at radius 2 is 2.44 bits per heavy atom. The van der Waals surface area contributed by atoms with Crippen LogP contribution in [-0.2, 0) is 0 Å². The Labute approximate surface area is 67.9 Å². The van der Waals surface area contributed by atoms with Crippen molar-refractivity contribution in [3.8, 4) is 0 Å². The van der Waals surface area contributed by atoms with E-state index in [4.69, 9.17) is 17.0 Å². The number of nitrogens with one attached hydrogen (secondary N) is 2. The van der Waals surface area contributed by atoms with Gasteiger partial charge in [-0.05, 0) is 22.9 Å². The summed E-state index contributed by atoms with van der Waals surface area (Å²) in [4.78, 5) is 0. The lowest BCUT2D eigenvalue weighted by molar-refractivity contribution is 0.910. The maximum absolute atomic E-state index is 6.82. The van der Waals surface area contributed by atoms with Gasteiger partial charge in [-0.3, -0.25) is 5.41 Å². The maximum atomic E-state index is 6.82. The second-order valence-electron chi connectivity index (χ2n) is 1.37. The molecular weight excluding hydrogens is 203 g/mol. The van der Waals surface area contributed by atoms with Gasteiger partial charge >= 0.3 is 0 Å². The summed E-state index contributed by atoms with van der Waals surface area (Å²) in [5.74, 6) is 0. The van der Waals surface area contributed by atoms with Crippen LogP contribution in [0.1, 0.15) is 6.92 Å². The summed E-state index contributed by atoms with van der Waals surface area (Å²) < 4.78 is 0.741. The van der Waals surface area contributed by atoms with Crippen molar-refractivity contribution in [2.24, 2.45) is 0 Å². The van der Waals surface area contributed by atoms with Crippen molar-refractivity contribution in [1.82, 2.24) is 5.32 Å². The van der Waals surface area contributed by atoms with E-state index in [2.05, 4.69) is 21.2 Å². The Hall–Kier alpha value is -0.0200. The van der Waals surface area contributed by atoms with Crippen LogP contribution in [0.2, 0.25) is 0 Å². The molecule has 0 rings (SSSR count). The normalized spacial score (nSPS) is 11.2. The maximum Gasteiger partial charge on any atom is 0.123 e. The van der Waals surface area contributed by atoms with Crippen LogP contribution in [0.4, 0.5) is 0 Å². The molecule has 0 saturated heterocycles. The molecule has 0 bridgehead atoms. The Morgan fingerprint density at radius 1 is 1.89 bits per heavy atom. The van der Waals surface area contributed by atoms with E-state index in [1.807, 2.05) is 6.92 Å². The first kappa shape index (κ1) is 8.98. The highest BCUT2D eigenvalue weighted by atomic mass is 79.9. The van der Waals surface area contributed by atoms with Gasteiger partial charge in [-0.25, -0.2) is 0 Å². The molecule has 0 aromatic heterocycles. The molecule has 2 N–H and O–H groups in total. The standard InChI is InChI=1S/C5H8BrClN2/c1-2-9-4(6)3-5(7)8/h3,8-9H,2H2,1H3/b4-3-,8-5?. The van der Waals surface area contributed by atoms with Gasteiger partial charge in [0.2, 0.25) is 0 Å². The molecule has 0 unspecified atom stereocenters. The topological polar surface area (TPSA) is 35.9 Å². The summed E-state index contributed by atoms with van der Waals surface area (Å²) >= 11 is 8.41. The molecule has 0 spiro atoms. The first-order valence-corrected chi connectivity index (χ1v) is 3.69. The quantitative estimate of drug-likeness (QED) is 0.544. The van der Waals surface area contributed by atoms with Gasteiger partial charge in [-0.15, -0.1) is 0 Å². The molecule has 4 heteroatoms. The molecule has 0 saturated carbocycles. The summed E-state index contributed by atoms with van der Waals surface area (Å²) in [5.41, 5.74) is 0. The first-order valence-electron chi connectivity index (χ1n) is 2.52. The minimum Gasteiger partial charge on any atom is -0.380 e. The van der Waals surface area contributed by atoms with Crippen LogP contribution in [0, 0.1) is 5.41 Å². The summed E-state index contributed by atoms with van der Waals surface area (Å²) in [5, 5.41) is 9.77. The highest BCUT2D eigenvalue weighted by Gasteiger charge is 1.87. The second kappa shape index (κ2) is 4.82. The smallest absolute Gasteiger partial charge is 0.123 e. The third kappa shape index (κ3) is 5.86. The lowest BCUT2D eigenvalue weighted by Crippen LogP contribution is -2.07. The van der Waals surface area contributed by atoms with Crippen LogP contribution >= 0.6 is 27.5 Å². The minimum atomic E-state index is 0.0165. The highest BCUT2D eigenvalue weighted by Crippen LogP contribution is 2.00. The molecule has 52 valence electrons. The van der Waals surface area contributed by atoms with Gasteiger partial charge < -0.3 is 5.32 Å². The summed E-state index contributed by atoms with van der Waals surface area (Å²) in [6, 6.07) is 0. The van der Waals surface area contributed by atoms with Crippen LogP contribution in [0.5, 0.6) is 0 Å². The zero-order valence-corrected chi connectivity index (χ0v) is 7.38. The van der Waals surface area contributed by atoms with Crippen molar-refractivity contribution in [2.75, 3.05) is 6.54 Å². The Balaban J connectivity index is 3.69. The average molecular weight is 211 g/mol. The Morgan fingerprint density at radius 3 is 2.78 bits per heavy atom. The second-order valence-corrected chi connectivity index (χ2v) is 2.63. The number of hydrogen-bond donors (Lipinski definition) is 2. The van der Waals surface area contributed by atoms with Crippen molar-refractivity contribution in [3.63, 3.8) is 0 Å². The fourth-order valence-corrected chi connectivity index (χ4v) is 1.08. The minimum absolute atomic E-state index is 0.0165. The summed E-state index contributed by atoms with van der Waals surface area (Å²) in [7, 11) is 0. The molecule has 0 aromatic rings. The molecule has 0 aliphatic carbocycles. The van der Waals surface area contributed by atoms with E-state index in [1.54, 1.807) is 0 Å². The van der Waals surface area contributed by atoms with E-state index in [0.29, 0.717) is 0 Å². The van der Waals surface area contributed by atoms with E-state index >= 15 is 0 Å². The SMILES string of the molecule is CCN/C(Br)=C\C(=N)Cl. The van der Waals surface area contributed by atoms with Crippen molar-refractivity contribution in [2.45, 2.75) is 6.92 Å². The van der Waals surface area contributed by atoms with Crippen molar-refractivity contribution >= 4 is 32.7 Å². The van der Waals surface area contributed by atoms with Gasteiger partial charge in [0.15, 0.2) is 0 Å². The molecule has 0 atom stereocenters. The monoisotopic (exact) mass is 210 g/mol. The van der Waals surface area contributed by atoms with Crippen LogP contribution in [-0.4, -0.2) is 11.7 Å². The van der Waals surface area contributed by atoms with Crippen LogP contribution in [0.3, 0.4) is 0 Å². The lowest BCUT2D eigenvalue weighted by atomic mass is 10.6. The Bertz CT molecular complexity index is 133. The van der Waals surface area contributed by atoms with Crippen LogP contribution in [0.15, 0.2) is 10.7 Å². The predicted octanol–water partition coefficient (Wildman–Crippen LogP) is 2.05. The van der Waals surface area contributed by atoms with Gasteiger partial charge in [0.1, 0.15) is 5.17 Å². The number of allylic oxidation sites excluding steroid dienone is 1. The fraction of sp³-hybridized carbons (Fsp3) is 0.400. The predicted molar refractivity (Wildman–Crippen MR) is 44.3 cm³/mol. The van der Waals surface area contributed by atoms with E-state index < -0.39 is 0 Å². The highest BCUT2D eigenvalue weighted by molar-refractivity contribution is 9.11. The fourth-order valence-electron chi connectivity index (χ4n) is 0.331. The first-order chi connectivity index (χ1) is 4.16. The third-order valence-electron chi connectivity index (χ3n) is 0.599. The molecular formula is C5H8BrClN2. The number of hydrogen-bond acceptors (Lipinski definition) is 2. The third-order valence-corrected chi connectivity index (χ3v) is 1.22. The molecule has 0 aromatic carbocycles. The summed E-state index contributed by atoms with van der Waals surface area (Å²) in [6.45, 7) is 2.79. The van der Waals surface area contributed by atoms with Crippen molar-refractivity contribution in [1.29, 1.82) is 5.41 Å². The van der Waals surface area contributed by atoms with E-state index in [0.717, 1.165) is 11.2 Å². The molecule has 0 aliphatic rings. The molecule has 0 radical (unpaired) electrons. The number of rotatable bonds is 3. The van der Waals surface area contributed by atoms with Crippen molar-refractivity contribution in [3.05, 3.63) is 10.7 Å². The zero-order chi connectivity index (χ0) is 7.28. The summed E-state index contributed by atoms with van der Waals surface area (Å²) in [6.07, 6.45) is 1.49. The Kier molecular flexibility index (Phi) is 4.81. The van der Waals surface area contributed by atoms with Gasteiger partial charge in [-0.1, -0.05) is 11.6 Å². The average Bonchev–Trinajstić information content (AvgIpc) is 1.63. The zero-order valence-electron chi connectivity index (χ0n) is 5.04. The van der Waals surface area contributed by atoms with E-state index in [1.165, 1.54) is 6.08 Å². The molecule has 0 fully saturated rings. The molecule has 2 nitrogen and oxygen atoms in total. The molecule has 0 aliphatic heterocycles. The van der Waals surface area contributed by atoms with Gasteiger partial charge in [0, 0.05) is 12.6 Å². The van der Waals surface area contributed by atoms with E-state index in [9.17, 15) is 0 Å².